The lowest BCUT2D eigenvalue weighted by atomic mass is 9.88. The van der Waals surface area contributed by atoms with Crippen LogP contribution in [0.25, 0.3) is 0 Å². The molecule has 1 aromatic rings. The monoisotopic (exact) mass is 285 g/mol. The molecule has 0 bridgehead atoms. The number of nitrogens with zero attached hydrogens (tertiary/aromatic N) is 1. The Hall–Kier alpha value is -1.14. The zero-order chi connectivity index (χ0) is 14.8. The first kappa shape index (κ1) is 15.9. The van der Waals surface area contributed by atoms with E-state index in [1.54, 1.807) is 0 Å². The zero-order valence-corrected chi connectivity index (χ0v) is 13.1. The van der Waals surface area contributed by atoms with E-state index in [1.165, 1.54) is 15.9 Å². The molecule has 0 aromatic carbocycles. The Kier molecular flexibility index (Phi) is 4.92. The largest absolute Gasteiger partial charge is 0.348 e. The number of carbonyl (C=O) groups is 1. The minimum Gasteiger partial charge on any atom is -0.348 e. The van der Waals surface area contributed by atoms with Crippen molar-refractivity contribution in [1.82, 2.24) is 9.88 Å². The van der Waals surface area contributed by atoms with Gasteiger partial charge in [0.2, 0.25) is 5.91 Å². The zero-order valence-electron chi connectivity index (χ0n) is 12.2. The fourth-order valence-corrected chi connectivity index (χ4v) is 2.53. The molecule has 1 rings (SSSR count). The van der Waals surface area contributed by atoms with Crippen LogP contribution in [-0.4, -0.2) is 22.6 Å². The minimum atomic E-state index is -0.445. The maximum Gasteiger partial charge on any atom is 0.308 e. The second kappa shape index (κ2) is 5.88. The summed E-state index contributed by atoms with van der Waals surface area (Å²) < 4.78 is 1.51. The normalized spacial score (nSPS) is 14.5. The average Bonchev–Trinajstić information content (AvgIpc) is 2.55. The predicted octanol–water partition coefficient (Wildman–Crippen LogP) is 1.02. The van der Waals surface area contributed by atoms with Gasteiger partial charge in [-0.2, -0.15) is 0 Å². The first-order chi connectivity index (χ1) is 8.71. The second-order valence-electron chi connectivity index (χ2n) is 5.42. The highest BCUT2D eigenvalue weighted by Gasteiger charge is 2.28. The SMILES string of the molecule is Cc1sc(=O)n(CC(=O)NC(C)(CN)C(C)C)c1C. The highest BCUT2D eigenvalue weighted by molar-refractivity contribution is 7.09. The Morgan fingerprint density at radius 3 is 2.42 bits per heavy atom. The number of rotatable bonds is 5. The number of carbonyl (C=O) groups excluding carboxylic acids is 1. The van der Waals surface area contributed by atoms with Gasteiger partial charge in [0.25, 0.3) is 0 Å². The maximum atomic E-state index is 12.1. The van der Waals surface area contributed by atoms with Crippen LogP contribution in [0.15, 0.2) is 4.79 Å². The molecule has 1 amide bonds. The summed E-state index contributed by atoms with van der Waals surface area (Å²) >= 11 is 1.17. The minimum absolute atomic E-state index is 0.0529. The Morgan fingerprint density at radius 1 is 1.47 bits per heavy atom. The molecular weight excluding hydrogens is 262 g/mol. The predicted molar refractivity (Wildman–Crippen MR) is 78.5 cm³/mol. The highest BCUT2D eigenvalue weighted by Crippen LogP contribution is 2.15. The van der Waals surface area contributed by atoms with Crippen molar-refractivity contribution in [3.05, 3.63) is 20.2 Å². The van der Waals surface area contributed by atoms with Gasteiger partial charge >= 0.3 is 4.87 Å². The quantitative estimate of drug-likeness (QED) is 0.848. The summed E-state index contributed by atoms with van der Waals surface area (Å²) in [6.45, 7) is 10.1. The van der Waals surface area contributed by atoms with E-state index in [-0.39, 0.29) is 23.2 Å². The van der Waals surface area contributed by atoms with E-state index in [9.17, 15) is 9.59 Å². The van der Waals surface area contributed by atoms with Crippen LogP contribution >= 0.6 is 11.3 Å². The second-order valence-corrected chi connectivity index (χ2v) is 6.59. The van der Waals surface area contributed by atoms with Crippen molar-refractivity contribution in [2.45, 2.75) is 46.7 Å². The first-order valence-electron chi connectivity index (χ1n) is 6.39. The molecule has 6 heteroatoms. The lowest BCUT2D eigenvalue weighted by Gasteiger charge is -2.33. The van der Waals surface area contributed by atoms with Crippen LogP contribution < -0.4 is 15.9 Å². The topological polar surface area (TPSA) is 77.1 Å². The Morgan fingerprint density at radius 2 is 2.05 bits per heavy atom. The molecule has 1 heterocycles. The number of aryl methyl sites for hydroxylation is 1. The van der Waals surface area contributed by atoms with Crippen molar-refractivity contribution in [2.24, 2.45) is 11.7 Å². The van der Waals surface area contributed by atoms with Gasteiger partial charge in [-0.1, -0.05) is 25.2 Å². The van der Waals surface area contributed by atoms with Crippen LogP contribution in [0.1, 0.15) is 31.3 Å². The van der Waals surface area contributed by atoms with E-state index in [1.807, 2.05) is 34.6 Å². The number of amides is 1. The summed E-state index contributed by atoms with van der Waals surface area (Å²) in [6, 6.07) is 0. The van der Waals surface area contributed by atoms with Crippen molar-refractivity contribution < 1.29 is 4.79 Å². The van der Waals surface area contributed by atoms with Gasteiger partial charge in [0.15, 0.2) is 0 Å². The summed E-state index contributed by atoms with van der Waals surface area (Å²) in [5.74, 6) is 0.0492. The molecule has 19 heavy (non-hydrogen) atoms. The summed E-state index contributed by atoms with van der Waals surface area (Å²) in [6.07, 6.45) is 0. The molecule has 3 N–H and O–H groups in total. The molecule has 1 unspecified atom stereocenters. The van der Waals surface area contributed by atoms with Crippen molar-refractivity contribution in [1.29, 1.82) is 0 Å². The van der Waals surface area contributed by atoms with Gasteiger partial charge in [0, 0.05) is 17.1 Å². The van der Waals surface area contributed by atoms with Crippen LogP contribution in [0.4, 0.5) is 0 Å². The van der Waals surface area contributed by atoms with Crippen molar-refractivity contribution in [2.75, 3.05) is 6.54 Å². The Balaban J connectivity index is 2.84. The lowest BCUT2D eigenvalue weighted by molar-refractivity contribution is -0.123. The summed E-state index contributed by atoms with van der Waals surface area (Å²) in [5.41, 5.74) is 6.14. The van der Waals surface area contributed by atoms with Crippen LogP contribution in [0.2, 0.25) is 0 Å². The fourth-order valence-electron chi connectivity index (χ4n) is 1.70. The third kappa shape index (κ3) is 3.45. The van der Waals surface area contributed by atoms with E-state index in [4.69, 9.17) is 5.73 Å². The molecule has 0 fully saturated rings. The molecule has 108 valence electrons. The van der Waals surface area contributed by atoms with Gasteiger partial charge < -0.3 is 11.1 Å². The first-order valence-corrected chi connectivity index (χ1v) is 7.21. The van der Waals surface area contributed by atoms with Gasteiger partial charge in [-0.05, 0) is 26.7 Å². The molecule has 0 aliphatic carbocycles. The molecule has 1 atom stereocenters. The standard InChI is InChI=1S/C13H23N3O2S/c1-8(2)13(5,7-14)15-11(17)6-16-9(3)10(4)19-12(16)18/h8H,6-7,14H2,1-5H3,(H,15,17). The summed E-state index contributed by atoms with van der Waals surface area (Å²) in [7, 11) is 0. The van der Waals surface area contributed by atoms with Gasteiger partial charge in [0.05, 0.1) is 5.54 Å². The average molecular weight is 285 g/mol. The van der Waals surface area contributed by atoms with Crippen LogP contribution in [0.3, 0.4) is 0 Å². The van der Waals surface area contributed by atoms with Gasteiger partial charge in [-0.15, -0.1) is 0 Å². The van der Waals surface area contributed by atoms with Crippen molar-refractivity contribution in [3.8, 4) is 0 Å². The molecule has 0 saturated carbocycles. The fraction of sp³-hybridized carbons (Fsp3) is 0.692. The summed E-state index contributed by atoms with van der Waals surface area (Å²) in [4.78, 5) is 24.7. The lowest BCUT2D eigenvalue weighted by Crippen LogP contribution is -2.55. The highest BCUT2D eigenvalue weighted by atomic mass is 32.1. The summed E-state index contributed by atoms with van der Waals surface area (Å²) in [5, 5.41) is 2.94. The van der Waals surface area contributed by atoms with E-state index in [2.05, 4.69) is 5.32 Å². The maximum absolute atomic E-state index is 12.1. The van der Waals surface area contributed by atoms with Crippen molar-refractivity contribution >= 4 is 17.2 Å². The van der Waals surface area contributed by atoms with Gasteiger partial charge in [0.1, 0.15) is 6.54 Å². The molecule has 0 spiro atoms. The Bertz CT molecular complexity index is 518. The molecular formula is C13H23N3O2S. The Labute approximate surface area is 117 Å². The molecule has 0 radical (unpaired) electrons. The third-order valence-corrected chi connectivity index (χ3v) is 4.80. The number of aromatic nitrogens is 1. The number of nitrogens with one attached hydrogen (secondary N) is 1. The van der Waals surface area contributed by atoms with E-state index in [0.717, 1.165) is 10.6 Å². The molecule has 0 aliphatic rings. The van der Waals surface area contributed by atoms with Crippen LogP contribution in [-0.2, 0) is 11.3 Å². The number of nitrogens with two attached hydrogens (primary N) is 1. The number of hydrogen-bond donors (Lipinski definition) is 2. The molecule has 5 nitrogen and oxygen atoms in total. The van der Waals surface area contributed by atoms with Gasteiger partial charge in [-0.3, -0.25) is 14.2 Å². The third-order valence-electron chi connectivity index (χ3n) is 3.80. The number of thiazole rings is 1. The van der Waals surface area contributed by atoms with Crippen LogP contribution in [0.5, 0.6) is 0 Å². The van der Waals surface area contributed by atoms with Crippen molar-refractivity contribution in [3.63, 3.8) is 0 Å². The smallest absolute Gasteiger partial charge is 0.308 e. The number of hydrogen-bond acceptors (Lipinski definition) is 4. The van der Waals surface area contributed by atoms with E-state index < -0.39 is 5.54 Å². The molecule has 0 saturated heterocycles. The van der Waals surface area contributed by atoms with Crippen LogP contribution in [0, 0.1) is 19.8 Å². The van der Waals surface area contributed by atoms with E-state index in [0.29, 0.717) is 6.54 Å². The molecule has 0 aliphatic heterocycles. The molecule has 1 aromatic heterocycles. The van der Waals surface area contributed by atoms with E-state index >= 15 is 0 Å². The van der Waals surface area contributed by atoms with Gasteiger partial charge in [-0.25, -0.2) is 0 Å².